The second kappa shape index (κ2) is 8.35. The molecule has 1 aromatic carbocycles. The molecule has 2 N–H and O–H groups in total. The Morgan fingerprint density at radius 1 is 1.06 bits per heavy atom. The molecule has 0 saturated heterocycles. The van der Waals surface area contributed by atoms with E-state index in [0.29, 0.717) is 17.6 Å². The Hall–Kier alpha value is -2.67. The number of nitrogens with two attached hydrogens (primary N) is 1. The SMILES string of the molecule is CC(C)(C)[Si](C)(C)OCc1ccc(-n2c(-c3cccnc3N)cc3cnc(Cl)cc32)cc1. The van der Waals surface area contributed by atoms with E-state index in [-0.39, 0.29) is 5.04 Å². The highest BCUT2D eigenvalue weighted by molar-refractivity contribution is 6.74. The normalized spacial score (nSPS) is 12.4. The highest BCUT2D eigenvalue weighted by Gasteiger charge is 2.37. The molecule has 166 valence electrons. The number of fused-ring (bicyclic) bond motifs is 1. The maximum absolute atomic E-state index is 6.39. The third-order valence-electron chi connectivity index (χ3n) is 6.37. The van der Waals surface area contributed by atoms with Gasteiger partial charge >= 0.3 is 0 Å². The lowest BCUT2D eigenvalue weighted by Crippen LogP contribution is -2.40. The van der Waals surface area contributed by atoms with Crippen molar-refractivity contribution in [1.29, 1.82) is 0 Å². The fraction of sp³-hybridized carbons (Fsp3) is 0.280. The minimum atomic E-state index is -1.80. The van der Waals surface area contributed by atoms with Crippen molar-refractivity contribution in [2.45, 2.75) is 45.5 Å². The molecule has 5 nitrogen and oxygen atoms in total. The largest absolute Gasteiger partial charge is 0.413 e. The minimum absolute atomic E-state index is 0.183. The molecule has 0 aliphatic heterocycles. The molecule has 0 amide bonds. The van der Waals surface area contributed by atoms with Crippen LogP contribution in [-0.4, -0.2) is 22.9 Å². The summed E-state index contributed by atoms with van der Waals surface area (Å²) in [6.07, 6.45) is 3.48. The van der Waals surface area contributed by atoms with Crippen molar-refractivity contribution in [3.8, 4) is 16.9 Å². The van der Waals surface area contributed by atoms with Crippen molar-refractivity contribution >= 4 is 36.6 Å². The number of benzene rings is 1. The van der Waals surface area contributed by atoms with Crippen LogP contribution in [0.5, 0.6) is 0 Å². The van der Waals surface area contributed by atoms with Gasteiger partial charge in [-0.15, -0.1) is 0 Å². The summed E-state index contributed by atoms with van der Waals surface area (Å²) in [5, 5.41) is 1.61. The van der Waals surface area contributed by atoms with Crippen LogP contribution in [0.3, 0.4) is 0 Å². The number of hydrogen-bond acceptors (Lipinski definition) is 4. The lowest BCUT2D eigenvalue weighted by atomic mass is 10.1. The molecular weight excluding hydrogens is 436 g/mol. The number of nitrogen functional groups attached to an aromatic ring is 1. The van der Waals surface area contributed by atoms with Gasteiger partial charge in [0.2, 0.25) is 0 Å². The molecule has 32 heavy (non-hydrogen) atoms. The number of halogens is 1. The molecule has 4 rings (SSSR count). The molecule has 4 aromatic rings. The third-order valence-corrected chi connectivity index (χ3v) is 11.1. The zero-order chi connectivity index (χ0) is 23.1. The molecule has 0 spiro atoms. The standard InChI is InChI=1S/C25H29ClN4OSi/c1-25(2,3)32(4,5)31-16-17-8-10-19(11-9-17)30-21-14-23(26)29-15-18(21)13-22(30)20-7-6-12-28-24(20)27/h6-15H,16H2,1-5H3,(H2,27,28). The number of anilines is 1. The lowest BCUT2D eigenvalue weighted by molar-refractivity contribution is 0.276. The quantitative estimate of drug-likeness (QED) is 0.259. The van der Waals surface area contributed by atoms with Crippen molar-refractivity contribution in [2.75, 3.05) is 5.73 Å². The Labute approximate surface area is 195 Å². The molecular formula is C25H29ClN4OSi. The van der Waals surface area contributed by atoms with Gasteiger partial charge in [0.1, 0.15) is 11.0 Å². The van der Waals surface area contributed by atoms with Gasteiger partial charge in [0.15, 0.2) is 8.32 Å². The van der Waals surface area contributed by atoms with Gasteiger partial charge in [0.05, 0.1) is 17.8 Å². The van der Waals surface area contributed by atoms with Crippen molar-refractivity contribution in [1.82, 2.24) is 14.5 Å². The van der Waals surface area contributed by atoms with E-state index in [4.69, 9.17) is 21.8 Å². The minimum Gasteiger partial charge on any atom is -0.413 e. The Balaban J connectivity index is 1.74. The van der Waals surface area contributed by atoms with E-state index in [0.717, 1.165) is 33.4 Å². The second-order valence-corrected chi connectivity index (χ2v) is 14.8. The fourth-order valence-electron chi connectivity index (χ4n) is 3.41. The highest BCUT2D eigenvalue weighted by Crippen LogP contribution is 2.37. The summed E-state index contributed by atoms with van der Waals surface area (Å²) in [4.78, 5) is 8.51. The average Bonchev–Trinajstić information content (AvgIpc) is 3.10. The first kappa shape index (κ1) is 22.5. The Kier molecular flexibility index (Phi) is 5.88. The van der Waals surface area contributed by atoms with Crippen LogP contribution in [-0.2, 0) is 11.0 Å². The van der Waals surface area contributed by atoms with Gasteiger partial charge < -0.3 is 14.7 Å². The lowest BCUT2D eigenvalue weighted by Gasteiger charge is -2.36. The van der Waals surface area contributed by atoms with Crippen LogP contribution in [0.1, 0.15) is 26.3 Å². The van der Waals surface area contributed by atoms with Crippen molar-refractivity contribution in [3.05, 3.63) is 71.6 Å². The predicted molar refractivity (Wildman–Crippen MR) is 136 cm³/mol. The zero-order valence-corrected chi connectivity index (χ0v) is 20.9. The van der Waals surface area contributed by atoms with E-state index in [1.165, 1.54) is 0 Å². The van der Waals surface area contributed by atoms with E-state index in [1.807, 2.05) is 18.2 Å². The number of rotatable bonds is 5. The van der Waals surface area contributed by atoms with E-state index >= 15 is 0 Å². The van der Waals surface area contributed by atoms with Gasteiger partial charge in [-0.2, -0.15) is 0 Å². The summed E-state index contributed by atoms with van der Waals surface area (Å²) in [6, 6.07) is 16.3. The van der Waals surface area contributed by atoms with Gasteiger partial charge in [-0.1, -0.05) is 44.5 Å². The Morgan fingerprint density at radius 3 is 2.44 bits per heavy atom. The number of hydrogen-bond donors (Lipinski definition) is 1. The summed E-state index contributed by atoms with van der Waals surface area (Å²) in [5.74, 6) is 0.481. The highest BCUT2D eigenvalue weighted by atomic mass is 35.5. The molecule has 0 atom stereocenters. The molecule has 0 radical (unpaired) electrons. The average molecular weight is 465 g/mol. The van der Waals surface area contributed by atoms with Crippen LogP contribution >= 0.6 is 11.6 Å². The van der Waals surface area contributed by atoms with E-state index in [9.17, 15) is 0 Å². The second-order valence-electron chi connectivity index (χ2n) is 9.58. The van der Waals surface area contributed by atoms with Gasteiger partial charge in [0.25, 0.3) is 0 Å². The number of nitrogens with zero attached hydrogens (tertiary/aromatic N) is 3. The van der Waals surface area contributed by atoms with E-state index in [1.54, 1.807) is 12.4 Å². The predicted octanol–water partition coefficient (Wildman–Crippen LogP) is 6.84. The first-order valence-corrected chi connectivity index (χ1v) is 14.0. The van der Waals surface area contributed by atoms with Crippen molar-refractivity contribution in [3.63, 3.8) is 0 Å². The van der Waals surface area contributed by atoms with Crippen LogP contribution in [0.25, 0.3) is 27.8 Å². The smallest absolute Gasteiger partial charge is 0.192 e. The molecule has 0 fully saturated rings. The van der Waals surface area contributed by atoms with Crippen LogP contribution < -0.4 is 5.73 Å². The summed E-state index contributed by atoms with van der Waals surface area (Å²) >= 11 is 6.24. The number of aromatic nitrogens is 3. The first-order chi connectivity index (χ1) is 15.1. The van der Waals surface area contributed by atoms with Crippen molar-refractivity contribution in [2.24, 2.45) is 0 Å². The summed E-state index contributed by atoms with van der Waals surface area (Å²) < 4.78 is 8.53. The summed E-state index contributed by atoms with van der Waals surface area (Å²) in [6.45, 7) is 11.9. The molecule has 0 saturated carbocycles. The van der Waals surface area contributed by atoms with Crippen LogP contribution in [0, 0.1) is 0 Å². The van der Waals surface area contributed by atoms with Crippen LogP contribution in [0.2, 0.25) is 23.3 Å². The number of pyridine rings is 2. The molecule has 7 heteroatoms. The summed E-state index contributed by atoms with van der Waals surface area (Å²) in [7, 11) is -1.80. The molecule has 0 aliphatic rings. The fourth-order valence-corrected chi connectivity index (χ4v) is 4.52. The molecule has 0 aliphatic carbocycles. The molecule has 3 heterocycles. The Bertz CT molecular complexity index is 1260. The van der Waals surface area contributed by atoms with E-state index < -0.39 is 8.32 Å². The Morgan fingerprint density at radius 2 is 1.78 bits per heavy atom. The van der Waals surface area contributed by atoms with Crippen molar-refractivity contribution < 1.29 is 4.43 Å². The zero-order valence-electron chi connectivity index (χ0n) is 19.2. The first-order valence-electron chi connectivity index (χ1n) is 10.7. The van der Waals surface area contributed by atoms with E-state index in [2.05, 4.69) is 78.7 Å². The molecule has 0 unspecified atom stereocenters. The monoisotopic (exact) mass is 464 g/mol. The van der Waals surface area contributed by atoms with Gasteiger partial charge in [0, 0.05) is 35.1 Å². The van der Waals surface area contributed by atoms with Crippen LogP contribution in [0.4, 0.5) is 5.82 Å². The summed E-state index contributed by atoms with van der Waals surface area (Å²) in [5.41, 5.74) is 11.1. The van der Waals surface area contributed by atoms with Gasteiger partial charge in [-0.3, -0.25) is 0 Å². The molecule has 3 aromatic heterocycles. The van der Waals surface area contributed by atoms with Gasteiger partial charge in [-0.25, -0.2) is 9.97 Å². The maximum atomic E-state index is 6.39. The van der Waals surface area contributed by atoms with Crippen LogP contribution in [0.15, 0.2) is 60.9 Å². The maximum Gasteiger partial charge on any atom is 0.192 e. The van der Waals surface area contributed by atoms with Gasteiger partial charge in [-0.05, 0) is 54.0 Å². The third kappa shape index (κ3) is 4.31. The molecule has 0 bridgehead atoms. The topological polar surface area (TPSA) is 66.0 Å².